The molecular weight excluding hydrogens is 250 g/mol. The quantitative estimate of drug-likeness (QED) is 0.532. The number of methoxy groups -OCH3 is 1. The molecule has 0 radical (unpaired) electrons. The van der Waals surface area contributed by atoms with Crippen LogP contribution in [0.25, 0.3) is 0 Å². The molecule has 6 heteroatoms. The minimum atomic E-state index is -1.30. The van der Waals surface area contributed by atoms with Gasteiger partial charge in [-0.2, -0.15) is 0 Å². The van der Waals surface area contributed by atoms with E-state index in [0.29, 0.717) is 0 Å². The third-order valence-corrected chi connectivity index (χ3v) is 3.02. The van der Waals surface area contributed by atoms with E-state index in [1.54, 1.807) is 20.8 Å². The van der Waals surface area contributed by atoms with Gasteiger partial charge in [-0.25, -0.2) is 4.79 Å². The van der Waals surface area contributed by atoms with Crippen LogP contribution in [0.4, 0.5) is 4.79 Å². The van der Waals surface area contributed by atoms with Crippen molar-refractivity contribution < 1.29 is 23.9 Å². The lowest BCUT2D eigenvalue weighted by Crippen LogP contribution is -2.54. The van der Waals surface area contributed by atoms with Crippen molar-refractivity contribution in [2.24, 2.45) is 5.41 Å². The summed E-state index contributed by atoms with van der Waals surface area (Å²) in [5, 5.41) is 0. The van der Waals surface area contributed by atoms with Gasteiger partial charge in [-0.05, 0) is 27.7 Å². The van der Waals surface area contributed by atoms with E-state index in [9.17, 15) is 14.4 Å². The highest BCUT2D eigenvalue weighted by Gasteiger charge is 2.47. The Kier molecular flexibility index (Phi) is 4.22. The standard InChI is InChI=1S/C13H21NO5/c1-12(2,3)19-11(17)14-7-6-9(15)13(4,8-14)10(16)18-5/h6-8H2,1-5H3/t13-/m1/s1. The Bertz CT molecular complexity index is 388. The monoisotopic (exact) mass is 271 g/mol. The fourth-order valence-electron chi connectivity index (χ4n) is 1.95. The summed E-state index contributed by atoms with van der Waals surface area (Å²) in [5.74, 6) is -0.829. The van der Waals surface area contributed by atoms with E-state index in [1.165, 1.54) is 18.9 Å². The number of esters is 1. The lowest BCUT2D eigenvalue weighted by molar-refractivity contribution is -0.160. The van der Waals surface area contributed by atoms with Crippen LogP contribution in [-0.4, -0.2) is 48.5 Å². The third-order valence-electron chi connectivity index (χ3n) is 3.02. The molecule has 1 amide bonds. The summed E-state index contributed by atoms with van der Waals surface area (Å²) in [6.07, 6.45) is -0.389. The molecule has 0 aliphatic carbocycles. The number of carbonyl (C=O) groups excluding carboxylic acids is 3. The van der Waals surface area contributed by atoms with Crippen molar-refractivity contribution in [2.75, 3.05) is 20.2 Å². The molecule has 108 valence electrons. The van der Waals surface area contributed by atoms with Gasteiger partial charge in [-0.3, -0.25) is 9.59 Å². The maximum Gasteiger partial charge on any atom is 0.410 e. The molecule has 1 atom stereocenters. The van der Waals surface area contributed by atoms with Crippen LogP contribution in [0.1, 0.15) is 34.1 Å². The first kappa shape index (κ1) is 15.5. The van der Waals surface area contributed by atoms with Gasteiger partial charge in [0.15, 0.2) is 5.78 Å². The van der Waals surface area contributed by atoms with E-state index in [4.69, 9.17) is 4.74 Å². The van der Waals surface area contributed by atoms with Gasteiger partial charge >= 0.3 is 12.1 Å². The Labute approximate surface area is 113 Å². The molecule has 0 N–H and O–H groups in total. The molecule has 0 unspecified atom stereocenters. The molecule has 1 saturated heterocycles. The van der Waals surface area contributed by atoms with Crippen LogP contribution in [-0.2, 0) is 19.1 Å². The second-order valence-electron chi connectivity index (χ2n) is 5.90. The molecule has 1 heterocycles. The van der Waals surface area contributed by atoms with Crippen molar-refractivity contribution in [2.45, 2.75) is 39.7 Å². The maximum atomic E-state index is 12.0. The Morgan fingerprint density at radius 3 is 2.37 bits per heavy atom. The van der Waals surface area contributed by atoms with Crippen molar-refractivity contribution in [1.82, 2.24) is 4.90 Å². The zero-order valence-electron chi connectivity index (χ0n) is 12.1. The van der Waals surface area contributed by atoms with Gasteiger partial charge in [-0.1, -0.05) is 0 Å². The van der Waals surface area contributed by atoms with Gasteiger partial charge in [0, 0.05) is 19.5 Å². The summed E-state index contributed by atoms with van der Waals surface area (Å²) >= 11 is 0. The molecule has 0 bridgehead atoms. The van der Waals surface area contributed by atoms with Crippen LogP contribution in [0.5, 0.6) is 0 Å². The second kappa shape index (κ2) is 5.19. The van der Waals surface area contributed by atoms with Gasteiger partial charge in [0.1, 0.15) is 11.0 Å². The Morgan fingerprint density at radius 1 is 1.32 bits per heavy atom. The molecule has 1 aliphatic heterocycles. The molecule has 19 heavy (non-hydrogen) atoms. The summed E-state index contributed by atoms with van der Waals surface area (Å²) in [5.41, 5.74) is -1.91. The first-order valence-corrected chi connectivity index (χ1v) is 6.20. The first-order valence-electron chi connectivity index (χ1n) is 6.20. The molecule has 0 saturated carbocycles. The highest BCUT2D eigenvalue weighted by atomic mass is 16.6. The Balaban J connectivity index is 2.83. The topological polar surface area (TPSA) is 72.9 Å². The van der Waals surface area contributed by atoms with Crippen molar-refractivity contribution >= 4 is 17.8 Å². The van der Waals surface area contributed by atoms with Gasteiger partial charge in [0.2, 0.25) is 0 Å². The third kappa shape index (κ3) is 3.45. The highest BCUT2D eigenvalue weighted by molar-refractivity contribution is 6.04. The molecule has 1 fully saturated rings. The van der Waals surface area contributed by atoms with E-state index >= 15 is 0 Å². The molecule has 6 nitrogen and oxygen atoms in total. The van der Waals surface area contributed by atoms with Crippen LogP contribution < -0.4 is 0 Å². The highest BCUT2D eigenvalue weighted by Crippen LogP contribution is 2.28. The summed E-state index contributed by atoms with van der Waals surface area (Å²) in [6.45, 7) is 7.05. The van der Waals surface area contributed by atoms with E-state index in [-0.39, 0.29) is 25.3 Å². The minimum Gasteiger partial charge on any atom is -0.468 e. The SMILES string of the molecule is COC(=O)[C@]1(C)CN(C(=O)OC(C)(C)C)CCC1=O. The molecule has 1 aliphatic rings. The number of hydrogen-bond donors (Lipinski definition) is 0. The lowest BCUT2D eigenvalue weighted by atomic mass is 9.81. The van der Waals surface area contributed by atoms with Gasteiger partial charge in [0.05, 0.1) is 7.11 Å². The van der Waals surface area contributed by atoms with Crippen molar-refractivity contribution in [3.05, 3.63) is 0 Å². The van der Waals surface area contributed by atoms with E-state index in [2.05, 4.69) is 4.74 Å². The Morgan fingerprint density at radius 2 is 1.89 bits per heavy atom. The number of amides is 1. The van der Waals surface area contributed by atoms with E-state index < -0.39 is 23.1 Å². The van der Waals surface area contributed by atoms with Crippen LogP contribution in [0.3, 0.4) is 0 Å². The van der Waals surface area contributed by atoms with Crippen LogP contribution in [0, 0.1) is 5.41 Å². The average Bonchev–Trinajstić information content (AvgIpc) is 2.29. The first-order chi connectivity index (χ1) is 8.60. The molecular formula is C13H21NO5. The largest absolute Gasteiger partial charge is 0.468 e. The fourth-order valence-corrected chi connectivity index (χ4v) is 1.95. The second-order valence-corrected chi connectivity index (χ2v) is 5.90. The summed E-state index contributed by atoms with van der Waals surface area (Å²) < 4.78 is 9.90. The molecule has 0 aromatic rings. The summed E-state index contributed by atoms with van der Waals surface area (Å²) in [4.78, 5) is 37.0. The van der Waals surface area contributed by atoms with E-state index in [1.807, 2.05) is 0 Å². The fraction of sp³-hybridized carbons (Fsp3) is 0.769. The number of hydrogen-bond acceptors (Lipinski definition) is 5. The summed E-state index contributed by atoms with van der Waals surface area (Å²) in [6, 6.07) is 0. The van der Waals surface area contributed by atoms with Crippen molar-refractivity contribution in [3.63, 3.8) is 0 Å². The van der Waals surface area contributed by atoms with Crippen LogP contribution >= 0.6 is 0 Å². The molecule has 1 rings (SSSR count). The number of ether oxygens (including phenoxy) is 2. The van der Waals surface area contributed by atoms with E-state index in [0.717, 1.165) is 0 Å². The maximum absolute atomic E-state index is 12.0. The zero-order chi connectivity index (χ0) is 14.8. The van der Waals surface area contributed by atoms with Crippen LogP contribution in [0.2, 0.25) is 0 Å². The number of piperidine rings is 1. The Hall–Kier alpha value is -1.59. The van der Waals surface area contributed by atoms with Crippen molar-refractivity contribution in [1.29, 1.82) is 0 Å². The normalized spacial score (nSPS) is 24.1. The number of carbonyl (C=O) groups is 3. The smallest absolute Gasteiger partial charge is 0.410 e. The predicted octanol–water partition coefficient (Wildman–Crippen LogP) is 1.38. The number of ketones is 1. The molecule has 0 aromatic heterocycles. The van der Waals surface area contributed by atoms with Crippen molar-refractivity contribution in [3.8, 4) is 0 Å². The van der Waals surface area contributed by atoms with Gasteiger partial charge in [0.25, 0.3) is 0 Å². The average molecular weight is 271 g/mol. The van der Waals surface area contributed by atoms with Gasteiger partial charge in [-0.15, -0.1) is 0 Å². The lowest BCUT2D eigenvalue weighted by Gasteiger charge is -2.37. The number of rotatable bonds is 1. The minimum absolute atomic E-state index is 0.00653. The van der Waals surface area contributed by atoms with Gasteiger partial charge < -0.3 is 14.4 Å². The summed E-state index contributed by atoms with van der Waals surface area (Å²) in [7, 11) is 1.23. The number of likely N-dealkylation sites (tertiary alicyclic amines) is 1. The molecule has 0 spiro atoms. The number of nitrogens with zero attached hydrogens (tertiary/aromatic N) is 1. The predicted molar refractivity (Wildman–Crippen MR) is 67.6 cm³/mol. The molecule has 0 aromatic carbocycles. The number of Topliss-reactive ketones (excluding diaryl/α,β-unsaturated/α-hetero) is 1. The van der Waals surface area contributed by atoms with Crippen LogP contribution in [0.15, 0.2) is 0 Å². The zero-order valence-corrected chi connectivity index (χ0v) is 12.1.